The maximum absolute atomic E-state index is 11.8. The van der Waals surface area contributed by atoms with Gasteiger partial charge in [0.2, 0.25) is 11.8 Å². The number of benzene rings is 1. The van der Waals surface area contributed by atoms with E-state index in [0.29, 0.717) is 18.5 Å². The molecule has 0 spiro atoms. The Kier molecular flexibility index (Phi) is 4.70. The van der Waals surface area contributed by atoms with Crippen molar-refractivity contribution < 1.29 is 19.1 Å². The number of carbonyl (C=O) groups is 3. The molecule has 112 valence electrons. The summed E-state index contributed by atoms with van der Waals surface area (Å²) >= 11 is 0. The number of esters is 1. The summed E-state index contributed by atoms with van der Waals surface area (Å²) in [5, 5.41) is 2.35. The number of carbonyl (C=O) groups excluding carboxylic acids is 3. The molecule has 6 heteroatoms. The topological polar surface area (TPSA) is 75.7 Å². The summed E-state index contributed by atoms with van der Waals surface area (Å²) in [6, 6.07) is 6.65. The second kappa shape index (κ2) is 6.49. The van der Waals surface area contributed by atoms with Gasteiger partial charge in [-0.25, -0.2) is 4.79 Å². The number of imide groups is 1. The summed E-state index contributed by atoms with van der Waals surface area (Å²) in [6.45, 7) is 2.59. The molecule has 0 radical (unpaired) electrons. The van der Waals surface area contributed by atoms with Crippen molar-refractivity contribution in [3.05, 3.63) is 35.4 Å². The molecule has 0 saturated carbocycles. The highest BCUT2D eigenvalue weighted by atomic mass is 16.5. The number of hydrogen-bond acceptors (Lipinski definition) is 5. The van der Waals surface area contributed by atoms with Gasteiger partial charge in [0, 0.05) is 6.54 Å². The molecule has 2 amide bonds. The molecule has 1 atom stereocenters. The Morgan fingerprint density at radius 3 is 2.57 bits per heavy atom. The quantitative estimate of drug-likeness (QED) is 0.653. The molecule has 1 heterocycles. The Labute approximate surface area is 123 Å². The van der Waals surface area contributed by atoms with Gasteiger partial charge in [-0.1, -0.05) is 19.1 Å². The van der Waals surface area contributed by atoms with Crippen molar-refractivity contribution >= 4 is 17.8 Å². The summed E-state index contributed by atoms with van der Waals surface area (Å²) in [6.07, 6.45) is 0.638. The number of methoxy groups -OCH3 is 1. The van der Waals surface area contributed by atoms with Crippen LogP contribution in [0.25, 0.3) is 0 Å². The first kappa shape index (κ1) is 15.2. The zero-order chi connectivity index (χ0) is 15.4. The van der Waals surface area contributed by atoms with Gasteiger partial charge < -0.3 is 4.74 Å². The van der Waals surface area contributed by atoms with Gasteiger partial charge in [0.05, 0.1) is 25.3 Å². The van der Waals surface area contributed by atoms with E-state index in [1.54, 1.807) is 24.3 Å². The fourth-order valence-electron chi connectivity index (χ4n) is 2.43. The van der Waals surface area contributed by atoms with Gasteiger partial charge in [-0.05, 0) is 24.1 Å². The van der Waals surface area contributed by atoms with Crippen molar-refractivity contribution in [3.63, 3.8) is 0 Å². The van der Waals surface area contributed by atoms with E-state index >= 15 is 0 Å². The van der Waals surface area contributed by atoms with Gasteiger partial charge in [-0.3, -0.25) is 19.8 Å². The summed E-state index contributed by atoms with van der Waals surface area (Å²) in [5.74, 6) is -0.920. The molecule has 1 N–H and O–H groups in total. The second-order valence-corrected chi connectivity index (χ2v) is 4.93. The largest absolute Gasteiger partial charge is 0.465 e. The van der Waals surface area contributed by atoms with Crippen molar-refractivity contribution in [1.29, 1.82) is 0 Å². The van der Waals surface area contributed by atoms with Crippen molar-refractivity contribution in [2.24, 2.45) is 0 Å². The fraction of sp³-hybridized carbons (Fsp3) is 0.400. The van der Waals surface area contributed by atoms with E-state index in [4.69, 9.17) is 0 Å². The number of piperazine rings is 1. The molecule has 1 aromatic rings. The molecule has 2 rings (SSSR count). The van der Waals surface area contributed by atoms with Crippen LogP contribution in [0.1, 0.15) is 29.3 Å². The summed E-state index contributed by atoms with van der Waals surface area (Å²) in [4.78, 5) is 36.5. The van der Waals surface area contributed by atoms with Crippen molar-refractivity contribution in [2.45, 2.75) is 25.9 Å². The monoisotopic (exact) mass is 290 g/mol. The van der Waals surface area contributed by atoms with Crippen molar-refractivity contribution in [1.82, 2.24) is 10.2 Å². The number of nitrogens with zero attached hydrogens (tertiary/aromatic N) is 1. The molecule has 21 heavy (non-hydrogen) atoms. The molecule has 0 bridgehead atoms. The Morgan fingerprint density at radius 1 is 1.33 bits per heavy atom. The van der Waals surface area contributed by atoms with Crippen LogP contribution in [0, 0.1) is 0 Å². The number of nitrogens with one attached hydrogen (secondary N) is 1. The first-order valence-electron chi connectivity index (χ1n) is 6.80. The highest BCUT2D eigenvalue weighted by molar-refractivity contribution is 6.01. The lowest BCUT2D eigenvalue weighted by atomic mass is 10.1. The first-order chi connectivity index (χ1) is 10.0. The Balaban J connectivity index is 2.10. The summed E-state index contributed by atoms with van der Waals surface area (Å²) < 4.78 is 4.64. The van der Waals surface area contributed by atoms with E-state index in [1.165, 1.54) is 7.11 Å². The van der Waals surface area contributed by atoms with E-state index < -0.39 is 0 Å². The molecular weight excluding hydrogens is 272 g/mol. The minimum atomic E-state index is -0.388. The maximum Gasteiger partial charge on any atom is 0.337 e. The number of hydrogen-bond donors (Lipinski definition) is 1. The van der Waals surface area contributed by atoms with Gasteiger partial charge in [-0.2, -0.15) is 0 Å². The molecule has 1 fully saturated rings. The van der Waals surface area contributed by atoms with E-state index in [2.05, 4.69) is 10.1 Å². The fourth-order valence-corrected chi connectivity index (χ4v) is 2.43. The van der Waals surface area contributed by atoms with Crippen LogP contribution in [0.5, 0.6) is 0 Å². The van der Waals surface area contributed by atoms with Crippen LogP contribution in [-0.2, 0) is 20.9 Å². The number of amides is 2. The van der Waals surface area contributed by atoms with Crippen molar-refractivity contribution in [3.8, 4) is 0 Å². The molecule has 6 nitrogen and oxygen atoms in total. The third kappa shape index (κ3) is 3.46. The van der Waals surface area contributed by atoms with Crippen LogP contribution in [0.15, 0.2) is 24.3 Å². The van der Waals surface area contributed by atoms with E-state index in [0.717, 1.165) is 5.56 Å². The van der Waals surface area contributed by atoms with Crippen LogP contribution in [-0.4, -0.2) is 42.4 Å². The first-order valence-corrected chi connectivity index (χ1v) is 6.80. The van der Waals surface area contributed by atoms with Crippen LogP contribution in [0.2, 0.25) is 0 Å². The standard InChI is InChI=1S/C15H18N2O4/c1-3-12-14(19)16-13(18)9-17(12)8-10-4-6-11(7-5-10)15(20)21-2/h4-7,12H,3,8-9H2,1-2H3,(H,16,18,19). The molecule has 1 aromatic carbocycles. The summed E-state index contributed by atoms with van der Waals surface area (Å²) in [7, 11) is 1.33. The zero-order valence-electron chi connectivity index (χ0n) is 12.1. The SMILES string of the molecule is CCC1C(=O)NC(=O)CN1Cc1ccc(C(=O)OC)cc1. The van der Waals surface area contributed by atoms with E-state index in [1.807, 2.05) is 11.8 Å². The predicted molar refractivity (Wildman–Crippen MR) is 75.4 cm³/mol. The molecular formula is C15H18N2O4. The molecule has 1 aliphatic heterocycles. The molecule has 0 aliphatic carbocycles. The smallest absolute Gasteiger partial charge is 0.337 e. The minimum Gasteiger partial charge on any atom is -0.465 e. The lowest BCUT2D eigenvalue weighted by molar-refractivity contribution is -0.140. The average Bonchev–Trinajstić information content (AvgIpc) is 2.47. The highest BCUT2D eigenvalue weighted by Gasteiger charge is 2.32. The molecule has 0 aromatic heterocycles. The second-order valence-electron chi connectivity index (χ2n) is 4.93. The van der Waals surface area contributed by atoms with Crippen LogP contribution >= 0.6 is 0 Å². The third-order valence-corrected chi connectivity index (χ3v) is 3.50. The number of rotatable bonds is 4. The molecule has 1 unspecified atom stereocenters. The van der Waals surface area contributed by atoms with Gasteiger partial charge >= 0.3 is 5.97 Å². The predicted octanol–water partition coefficient (Wildman–Crippen LogP) is 0.710. The lowest BCUT2D eigenvalue weighted by Gasteiger charge is -2.33. The average molecular weight is 290 g/mol. The highest BCUT2D eigenvalue weighted by Crippen LogP contribution is 2.15. The third-order valence-electron chi connectivity index (χ3n) is 3.50. The Bertz CT molecular complexity index is 553. The van der Waals surface area contributed by atoms with E-state index in [-0.39, 0.29) is 30.4 Å². The maximum atomic E-state index is 11.8. The minimum absolute atomic E-state index is 0.197. The zero-order valence-corrected chi connectivity index (χ0v) is 12.1. The van der Waals surface area contributed by atoms with Crippen LogP contribution < -0.4 is 5.32 Å². The van der Waals surface area contributed by atoms with Crippen molar-refractivity contribution in [2.75, 3.05) is 13.7 Å². The summed E-state index contributed by atoms with van der Waals surface area (Å²) in [5.41, 5.74) is 1.41. The van der Waals surface area contributed by atoms with Gasteiger partial charge in [0.1, 0.15) is 0 Å². The normalized spacial score (nSPS) is 19.2. The Morgan fingerprint density at radius 2 is 2.00 bits per heavy atom. The van der Waals surface area contributed by atoms with Crippen LogP contribution in [0.3, 0.4) is 0 Å². The van der Waals surface area contributed by atoms with Gasteiger partial charge in [0.15, 0.2) is 0 Å². The lowest BCUT2D eigenvalue weighted by Crippen LogP contribution is -2.57. The van der Waals surface area contributed by atoms with E-state index in [9.17, 15) is 14.4 Å². The van der Waals surface area contributed by atoms with Gasteiger partial charge in [-0.15, -0.1) is 0 Å². The Hall–Kier alpha value is -2.21. The molecule has 1 saturated heterocycles. The molecule has 1 aliphatic rings. The number of ether oxygens (including phenoxy) is 1. The van der Waals surface area contributed by atoms with Crippen LogP contribution in [0.4, 0.5) is 0 Å². The van der Waals surface area contributed by atoms with Gasteiger partial charge in [0.25, 0.3) is 0 Å².